The van der Waals surface area contributed by atoms with E-state index in [4.69, 9.17) is 11.6 Å². The maximum Gasteiger partial charge on any atom is 0.324 e. The highest BCUT2D eigenvalue weighted by Gasteiger charge is 2.25. The summed E-state index contributed by atoms with van der Waals surface area (Å²) in [5.41, 5.74) is 2.06. The molecule has 7 nitrogen and oxygen atoms in total. The Morgan fingerprint density at radius 2 is 2.28 bits per heavy atom. The Morgan fingerprint density at radius 1 is 1.48 bits per heavy atom. The molecule has 1 aliphatic heterocycles. The van der Waals surface area contributed by atoms with E-state index in [1.54, 1.807) is 24.1 Å². The van der Waals surface area contributed by atoms with Crippen molar-refractivity contribution in [2.45, 2.75) is 13.3 Å². The number of aromatic nitrogens is 4. The summed E-state index contributed by atoms with van der Waals surface area (Å²) < 4.78 is 14.7. The number of hydrogen-bond donors (Lipinski definition) is 1. The second-order valence-corrected chi connectivity index (χ2v) is 6.45. The fraction of sp³-hybridized carbons (Fsp3) is 0.375. The Balaban J connectivity index is 1.65. The minimum absolute atomic E-state index is 0.108. The van der Waals surface area contributed by atoms with E-state index in [1.807, 2.05) is 6.08 Å². The van der Waals surface area contributed by atoms with Gasteiger partial charge in [-0.25, -0.2) is 13.9 Å². The third kappa shape index (κ3) is 3.96. The Kier molecular flexibility index (Phi) is 4.98. The van der Waals surface area contributed by atoms with Crippen molar-refractivity contribution in [1.82, 2.24) is 25.1 Å². The van der Waals surface area contributed by atoms with Gasteiger partial charge in [-0.1, -0.05) is 41.3 Å². The maximum absolute atomic E-state index is 13.3. The predicted molar refractivity (Wildman–Crippen MR) is 92.6 cm³/mol. The van der Waals surface area contributed by atoms with Crippen molar-refractivity contribution in [3.63, 3.8) is 0 Å². The Morgan fingerprint density at radius 3 is 2.92 bits per heavy atom. The summed E-state index contributed by atoms with van der Waals surface area (Å²) >= 11 is 5.83. The van der Waals surface area contributed by atoms with Gasteiger partial charge in [0.05, 0.1) is 5.02 Å². The molecule has 9 heteroatoms. The van der Waals surface area contributed by atoms with Crippen LogP contribution in [-0.2, 0) is 7.05 Å². The number of nitrogens with one attached hydrogen (secondary N) is 1. The number of tetrazole rings is 1. The van der Waals surface area contributed by atoms with E-state index in [9.17, 15) is 9.18 Å². The van der Waals surface area contributed by atoms with Gasteiger partial charge in [0, 0.05) is 20.1 Å². The largest absolute Gasteiger partial charge is 0.324 e. The lowest BCUT2D eigenvalue weighted by molar-refractivity contribution is 0.197. The van der Waals surface area contributed by atoms with Gasteiger partial charge >= 0.3 is 6.03 Å². The monoisotopic (exact) mass is 364 g/mol. The van der Waals surface area contributed by atoms with E-state index < -0.39 is 5.82 Å². The number of rotatable bonds is 2. The molecule has 25 heavy (non-hydrogen) atoms. The normalized spacial score (nSPS) is 19.3. The van der Waals surface area contributed by atoms with E-state index in [-0.39, 0.29) is 17.0 Å². The quantitative estimate of drug-likeness (QED) is 0.888. The molecule has 1 aromatic heterocycles. The van der Waals surface area contributed by atoms with Crippen LogP contribution in [0.1, 0.15) is 18.9 Å². The highest BCUT2D eigenvalue weighted by molar-refractivity contribution is 6.30. The molecular weight excluding hydrogens is 347 g/mol. The Bertz CT molecular complexity index is 821. The molecule has 0 bridgehead atoms. The van der Waals surface area contributed by atoms with Crippen LogP contribution in [0.15, 0.2) is 23.8 Å². The zero-order chi connectivity index (χ0) is 18.0. The highest BCUT2D eigenvalue weighted by Crippen LogP contribution is 2.26. The lowest BCUT2D eigenvalue weighted by Gasteiger charge is -2.33. The molecule has 0 aliphatic carbocycles. The number of carbonyl (C=O) groups is 1. The molecule has 2 heterocycles. The number of benzene rings is 1. The van der Waals surface area contributed by atoms with Crippen LogP contribution < -0.4 is 5.32 Å². The number of piperidine rings is 1. The standard InChI is InChI=1S/C16H18ClFN6O/c1-10-9-24(16(25)19-15-20-21-22-23(15)2)6-5-12(10)7-11-3-4-14(18)13(17)8-11/h3-4,7-8,10H,5-6,9H2,1-2H3,(H,19,20,22,25)/b12-7+. The van der Waals surface area contributed by atoms with Gasteiger partial charge in [-0.3, -0.25) is 5.32 Å². The molecule has 1 saturated heterocycles. The molecular formula is C16H18ClFN6O. The fourth-order valence-electron chi connectivity index (χ4n) is 2.77. The van der Waals surface area contributed by atoms with Crippen LogP contribution >= 0.6 is 11.6 Å². The second kappa shape index (κ2) is 7.18. The van der Waals surface area contributed by atoms with Crippen molar-refractivity contribution >= 4 is 29.7 Å². The second-order valence-electron chi connectivity index (χ2n) is 6.05. The van der Waals surface area contributed by atoms with Crippen LogP contribution in [0, 0.1) is 11.7 Å². The van der Waals surface area contributed by atoms with Crippen LogP contribution in [-0.4, -0.2) is 44.2 Å². The van der Waals surface area contributed by atoms with Gasteiger partial charge in [-0.15, -0.1) is 0 Å². The highest BCUT2D eigenvalue weighted by atomic mass is 35.5. The molecule has 3 rings (SSSR count). The summed E-state index contributed by atoms with van der Waals surface area (Å²) in [5, 5.41) is 13.7. The van der Waals surface area contributed by atoms with E-state index in [1.165, 1.54) is 16.3 Å². The molecule has 132 valence electrons. The number of halogens is 2. The first kappa shape index (κ1) is 17.3. The van der Waals surface area contributed by atoms with Crippen molar-refractivity contribution in [3.05, 3.63) is 40.2 Å². The molecule has 0 saturated carbocycles. The molecule has 2 amide bonds. The summed E-state index contributed by atoms with van der Waals surface area (Å²) in [4.78, 5) is 14.1. The Hall–Kier alpha value is -2.48. The average molecular weight is 365 g/mol. The van der Waals surface area contributed by atoms with Crippen LogP contribution in [0.25, 0.3) is 6.08 Å². The van der Waals surface area contributed by atoms with Gasteiger partial charge < -0.3 is 4.90 Å². The van der Waals surface area contributed by atoms with Gasteiger partial charge in [0.25, 0.3) is 5.95 Å². The van der Waals surface area contributed by atoms with Crippen molar-refractivity contribution in [3.8, 4) is 0 Å². The van der Waals surface area contributed by atoms with Crippen molar-refractivity contribution in [2.75, 3.05) is 18.4 Å². The minimum Gasteiger partial charge on any atom is -0.324 e. The van der Waals surface area contributed by atoms with Gasteiger partial charge in [0.15, 0.2) is 0 Å². The minimum atomic E-state index is -0.429. The summed E-state index contributed by atoms with van der Waals surface area (Å²) in [6.45, 7) is 3.22. The average Bonchev–Trinajstić information content (AvgIpc) is 2.97. The van der Waals surface area contributed by atoms with Gasteiger partial charge in [0.2, 0.25) is 0 Å². The SMILES string of the molecule is CC1CN(C(=O)Nc2nnnn2C)CC/C1=C\c1ccc(F)c(Cl)c1. The maximum atomic E-state index is 13.3. The number of aryl methyl sites for hydroxylation is 1. The van der Waals surface area contributed by atoms with E-state index in [0.29, 0.717) is 19.0 Å². The number of nitrogens with zero attached hydrogens (tertiary/aromatic N) is 5. The molecule has 2 aromatic rings. The smallest absolute Gasteiger partial charge is 0.324 e. The van der Waals surface area contributed by atoms with Crippen molar-refractivity contribution in [2.24, 2.45) is 13.0 Å². The molecule has 1 atom stereocenters. The molecule has 1 unspecified atom stereocenters. The summed E-state index contributed by atoms with van der Waals surface area (Å²) in [7, 11) is 1.66. The van der Waals surface area contributed by atoms with Crippen LogP contribution in [0.3, 0.4) is 0 Å². The van der Waals surface area contributed by atoms with Crippen LogP contribution in [0.2, 0.25) is 5.02 Å². The number of hydrogen-bond acceptors (Lipinski definition) is 4. The first-order chi connectivity index (χ1) is 11.9. The number of amides is 2. The zero-order valence-electron chi connectivity index (χ0n) is 13.9. The first-order valence-corrected chi connectivity index (χ1v) is 8.25. The predicted octanol–water partition coefficient (Wildman–Crippen LogP) is 2.96. The summed E-state index contributed by atoms with van der Waals surface area (Å²) in [6.07, 6.45) is 2.75. The lowest BCUT2D eigenvalue weighted by Crippen LogP contribution is -2.42. The zero-order valence-corrected chi connectivity index (χ0v) is 14.7. The molecule has 1 fully saturated rings. The van der Waals surface area contributed by atoms with Gasteiger partial charge in [0.1, 0.15) is 5.82 Å². The van der Waals surface area contributed by atoms with Gasteiger partial charge in [-0.05, 0) is 40.5 Å². The fourth-order valence-corrected chi connectivity index (χ4v) is 2.96. The summed E-state index contributed by atoms with van der Waals surface area (Å²) in [5.74, 6) is 0.0579. The third-order valence-electron chi connectivity index (χ3n) is 4.22. The first-order valence-electron chi connectivity index (χ1n) is 7.88. The van der Waals surface area contributed by atoms with Crippen molar-refractivity contribution < 1.29 is 9.18 Å². The molecule has 1 aliphatic rings. The number of carbonyl (C=O) groups excluding carboxylic acids is 1. The van der Waals surface area contributed by atoms with Crippen molar-refractivity contribution in [1.29, 1.82) is 0 Å². The van der Waals surface area contributed by atoms with Crippen LogP contribution in [0.5, 0.6) is 0 Å². The molecule has 1 N–H and O–H groups in total. The lowest BCUT2D eigenvalue weighted by atomic mass is 9.91. The molecule has 1 aromatic carbocycles. The molecule has 0 spiro atoms. The topological polar surface area (TPSA) is 75.9 Å². The van der Waals surface area contributed by atoms with Crippen LogP contribution in [0.4, 0.5) is 15.1 Å². The number of likely N-dealkylation sites (tertiary alicyclic amines) is 1. The number of anilines is 1. The van der Waals surface area contributed by atoms with Gasteiger partial charge in [-0.2, -0.15) is 0 Å². The third-order valence-corrected chi connectivity index (χ3v) is 4.51. The van der Waals surface area contributed by atoms with E-state index >= 15 is 0 Å². The summed E-state index contributed by atoms with van der Waals surface area (Å²) in [6, 6.07) is 4.43. The van der Waals surface area contributed by atoms with E-state index in [2.05, 4.69) is 27.8 Å². The number of urea groups is 1. The van der Waals surface area contributed by atoms with E-state index in [0.717, 1.165) is 12.0 Å². The Labute approximate surface area is 149 Å². The molecule has 0 radical (unpaired) electrons.